The van der Waals surface area contributed by atoms with Crippen LogP contribution in [-0.2, 0) is 19.1 Å². The molecule has 25 heavy (non-hydrogen) atoms. The Morgan fingerprint density at radius 3 is 2.68 bits per heavy atom. The number of thioether (sulfide) groups is 1. The largest absolute Gasteiger partial charge is 0.484 e. The minimum atomic E-state index is -0.673. The minimum Gasteiger partial charge on any atom is -0.484 e. The Balaban J connectivity index is 1.60. The van der Waals surface area contributed by atoms with Crippen molar-refractivity contribution < 1.29 is 23.9 Å². The number of para-hydroxylation sites is 1. The number of hydrogen-bond acceptors (Lipinski definition) is 6. The summed E-state index contributed by atoms with van der Waals surface area (Å²) in [6, 6.07) is 8.28. The van der Waals surface area contributed by atoms with E-state index in [1.807, 2.05) is 13.0 Å². The highest BCUT2D eigenvalue weighted by Crippen LogP contribution is 2.40. The first-order chi connectivity index (χ1) is 12.0. The number of benzene rings is 1. The molecule has 1 aromatic rings. The van der Waals surface area contributed by atoms with Crippen LogP contribution in [0.15, 0.2) is 42.1 Å². The molecule has 2 aliphatic rings. The molecule has 0 saturated carbocycles. The first-order valence-corrected chi connectivity index (χ1v) is 8.71. The molecule has 1 saturated heterocycles. The maximum absolute atomic E-state index is 12.4. The molecular formula is C17H18N2O5S. The van der Waals surface area contributed by atoms with E-state index in [1.54, 1.807) is 30.3 Å². The third kappa shape index (κ3) is 3.48. The van der Waals surface area contributed by atoms with Crippen molar-refractivity contribution in [3.63, 3.8) is 0 Å². The van der Waals surface area contributed by atoms with Gasteiger partial charge in [0.15, 0.2) is 6.61 Å². The molecule has 0 spiro atoms. The second-order valence-electron chi connectivity index (χ2n) is 5.63. The molecule has 0 aromatic heterocycles. The molecule has 2 unspecified atom stereocenters. The van der Waals surface area contributed by atoms with Gasteiger partial charge in [0.1, 0.15) is 22.9 Å². The van der Waals surface area contributed by atoms with Gasteiger partial charge in [0.25, 0.3) is 11.8 Å². The van der Waals surface area contributed by atoms with Crippen LogP contribution in [0.25, 0.3) is 0 Å². The predicted octanol–water partition coefficient (Wildman–Crippen LogP) is 0.911. The fraction of sp³-hybridized carbons (Fsp3) is 0.353. The van der Waals surface area contributed by atoms with Crippen molar-refractivity contribution in [1.82, 2.24) is 10.2 Å². The van der Waals surface area contributed by atoms with Gasteiger partial charge in [-0.2, -0.15) is 0 Å². The predicted molar refractivity (Wildman–Crippen MR) is 91.7 cm³/mol. The summed E-state index contributed by atoms with van der Waals surface area (Å²) in [5.41, 5.74) is 0.231. The number of nitrogens with one attached hydrogen (secondary N) is 1. The Morgan fingerprint density at radius 1 is 1.28 bits per heavy atom. The molecular weight excluding hydrogens is 344 g/mol. The SMILES string of the molecule is COC(=O)C1=CC(C)S[C@H]2C(NC(=O)COc3ccccc3)C(=O)N12. The minimum absolute atomic E-state index is 0.0309. The van der Waals surface area contributed by atoms with Crippen LogP contribution in [0.1, 0.15) is 6.92 Å². The summed E-state index contributed by atoms with van der Waals surface area (Å²) in [4.78, 5) is 37.6. The van der Waals surface area contributed by atoms with Crippen LogP contribution in [0, 0.1) is 0 Å². The number of hydrogen-bond donors (Lipinski definition) is 1. The number of carbonyl (C=O) groups excluding carboxylic acids is 3. The highest BCUT2D eigenvalue weighted by atomic mass is 32.2. The number of ether oxygens (including phenoxy) is 2. The number of fused-ring (bicyclic) bond motifs is 1. The molecule has 1 fully saturated rings. The fourth-order valence-corrected chi connectivity index (χ4v) is 4.03. The number of rotatable bonds is 5. The molecule has 0 aliphatic carbocycles. The van der Waals surface area contributed by atoms with Gasteiger partial charge in [0, 0.05) is 5.25 Å². The van der Waals surface area contributed by atoms with Gasteiger partial charge in [-0.3, -0.25) is 14.5 Å². The molecule has 0 radical (unpaired) electrons. The first-order valence-electron chi connectivity index (χ1n) is 7.77. The van der Waals surface area contributed by atoms with Gasteiger partial charge >= 0.3 is 5.97 Å². The van der Waals surface area contributed by atoms with Crippen LogP contribution >= 0.6 is 11.8 Å². The molecule has 2 heterocycles. The zero-order valence-corrected chi connectivity index (χ0v) is 14.6. The topological polar surface area (TPSA) is 84.9 Å². The number of carbonyl (C=O) groups is 3. The van der Waals surface area contributed by atoms with E-state index < -0.39 is 12.0 Å². The Kier molecular flexibility index (Phi) is 4.98. The average Bonchev–Trinajstić information content (AvgIpc) is 2.63. The van der Waals surface area contributed by atoms with Crippen molar-refractivity contribution in [1.29, 1.82) is 0 Å². The number of esters is 1. The third-order valence-electron chi connectivity index (χ3n) is 3.87. The van der Waals surface area contributed by atoms with Gasteiger partial charge in [0.05, 0.1) is 7.11 Å². The van der Waals surface area contributed by atoms with Crippen LogP contribution in [0.5, 0.6) is 5.75 Å². The van der Waals surface area contributed by atoms with E-state index in [-0.39, 0.29) is 34.7 Å². The molecule has 1 aromatic carbocycles. The van der Waals surface area contributed by atoms with Crippen LogP contribution < -0.4 is 10.1 Å². The Hall–Kier alpha value is -2.48. The quantitative estimate of drug-likeness (QED) is 0.619. The number of β-lactam (4-membered cyclic amide) rings is 1. The second-order valence-corrected chi connectivity index (χ2v) is 7.13. The standard InChI is InChI=1S/C17H18N2O5S/c1-10-8-12(17(22)23-2)19-15(21)14(16(19)25-10)18-13(20)9-24-11-6-4-3-5-7-11/h3-8,10,14,16H,9H2,1-2H3,(H,18,20)/t10?,14?,16-/m0/s1. The monoisotopic (exact) mass is 362 g/mol. The molecule has 7 nitrogen and oxygen atoms in total. The molecule has 2 amide bonds. The summed E-state index contributed by atoms with van der Waals surface area (Å²) in [7, 11) is 1.27. The normalized spacial score (nSPS) is 24.6. The summed E-state index contributed by atoms with van der Waals surface area (Å²) in [6.07, 6.45) is 1.70. The molecule has 1 N–H and O–H groups in total. The lowest BCUT2D eigenvalue weighted by Gasteiger charge is -2.49. The zero-order valence-electron chi connectivity index (χ0n) is 13.8. The second kappa shape index (κ2) is 7.18. The Morgan fingerprint density at radius 2 is 2.00 bits per heavy atom. The third-order valence-corrected chi connectivity index (χ3v) is 5.20. The lowest BCUT2D eigenvalue weighted by Crippen LogP contribution is -2.70. The van der Waals surface area contributed by atoms with Crippen LogP contribution in [0.3, 0.4) is 0 Å². The molecule has 132 valence electrons. The van der Waals surface area contributed by atoms with Gasteiger partial charge in [-0.15, -0.1) is 11.8 Å². The van der Waals surface area contributed by atoms with Crippen molar-refractivity contribution in [2.24, 2.45) is 0 Å². The van der Waals surface area contributed by atoms with E-state index in [0.29, 0.717) is 5.75 Å². The average molecular weight is 362 g/mol. The number of nitrogens with zero attached hydrogens (tertiary/aromatic N) is 1. The Bertz CT molecular complexity index is 721. The smallest absolute Gasteiger partial charge is 0.354 e. The van der Waals surface area contributed by atoms with Gasteiger partial charge in [0.2, 0.25) is 0 Å². The van der Waals surface area contributed by atoms with Gasteiger partial charge in [-0.25, -0.2) is 4.79 Å². The summed E-state index contributed by atoms with van der Waals surface area (Å²) in [6.45, 7) is 1.74. The van der Waals surface area contributed by atoms with E-state index in [2.05, 4.69) is 5.32 Å². The van der Waals surface area contributed by atoms with Crippen LogP contribution in [0.4, 0.5) is 0 Å². The van der Waals surface area contributed by atoms with Crippen molar-refractivity contribution in [3.8, 4) is 5.75 Å². The zero-order chi connectivity index (χ0) is 18.0. The maximum atomic E-state index is 12.4. The molecule has 2 aliphatic heterocycles. The van der Waals surface area contributed by atoms with Crippen molar-refractivity contribution in [3.05, 3.63) is 42.1 Å². The number of amides is 2. The van der Waals surface area contributed by atoms with Gasteiger partial charge < -0.3 is 14.8 Å². The van der Waals surface area contributed by atoms with Gasteiger partial charge in [-0.05, 0) is 25.1 Å². The van der Waals surface area contributed by atoms with E-state index in [4.69, 9.17) is 9.47 Å². The summed E-state index contributed by atoms with van der Waals surface area (Å²) >= 11 is 1.50. The van der Waals surface area contributed by atoms with Crippen LogP contribution in [-0.4, -0.2) is 53.1 Å². The van der Waals surface area contributed by atoms with E-state index in [1.165, 1.54) is 23.8 Å². The summed E-state index contributed by atoms with van der Waals surface area (Å²) in [5, 5.41) is 2.39. The lowest BCUT2D eigenvalue weighted by molar-refractivity contribution is -0.151. The summed E-state index contributed by atoms with van der Waals surface area (Å²) < 4.78 is 10.1. The summed E-state index contributed by atoms with van der Waals surface area (Å²) in [5.74, 6) is -0.683. The lowest BCUT2D eigenvalue weighted by atomic mass is 10.0. The first kappa shape index (κ1) is 17.3. The van der Waals surface area contributed by atoms with Gasteiger partial charge in [-0.1, -0.05) is 18.2 Å². The molecule has 8 heteroatoms. The van der Waals surface area contributed by atoms with E-state index in [0.717, 1.165) is 0 Å². The molecule has 0 bridgehead atoms. The van der Waals surface area contributed by atoms with Crippen molar-refractivity contribution in [2.75, 3.05) is 13.7 Å². The number of methoxy groups -OCH3 is 1. The van der Waals surface area contributed by atoms with E-state index >= 15 is 0 Å². The van der Waals surface area contributed by atoms with Crippen molar-refractivity contribution in [2.45, 2.75) is 23.6 Å². The highest BCUT2D eigenvalue weighted by molar-refractivity contribution is 8.00. The fourth-order valence-electron chi connectivity index (χ4n) is 2.71. The van der Waals surface area contributed by atoms with Crippen molar-refractivity contribution >= 4 is 29.5 Å². The molecule has 3 atom stereocenters. The Labute approximate surface area is 149 Å². The maximum Gasteiger partial charge on any atom is 0.354 e. The molecule has 3 rings (SSSR count). The highest BCUT2D eigenvalue weighted by Gasteiger charge is 2.54. The van der Waals surface area contributed by atoms with Crippen LogP contribution in [0.2, 0.25) is 0 Å². The van der Waals surface area contributed by atoms with E-state index in [9.17, 15) is 14.4 Å².